The first kappa shape index (κ1) is 16.6. The quantitative estimate of drug-likeness (QED) is 0.859. The molecule has 0 aromatic heterocycles. The lowest BCUT2D eigenvalue weighted by molar-refractivity contribution is -0.146. The van der Waals surface area contributed by atoms with Crippen LogP contribution in [0, 0.1) is 19.7 Å². The van der Waals surface area contributed by atoms with Crippen LogP contribution in [0.5, 0.6) is 0 Å². The van der Waals surface area contributed by atoms with Gasteiger partial charge in [0.25, 0.3) is 0 Å². The van der Waals surface area contributed by atoms with E-state index >= 15 is 0 Å². The van der Waals surface area contributed by atoms with Crippen LogP contribution in [-0.4, -0.2) is 27.0 Å². The van der Waals surface area contributed by atoms with Crippen molar-refractivity contribution < 1.29 is 22.3 Å². The van der Waals surface area contributed by atoms with Gasteiger partial charge in [0.1, 0.15) is 11.4 Å². The van der Waals surface area contributed by atoms with Gasteiger partial charge in [-0.2, -0.15) is 4.72 Å². The van der Waals surface area contributed by atoms with E-state index in [1.54, 1.807) is 0 Å². The van der Waals surface area contributed by atoms with Crippen LogP contribution in [0.2, 0.25) is 0 Å². The molecular weight excluding hydrogens is 285 g/mol. The van der Waals surface area contributed by atoms with E-state index in [0.717, 1.165) is 12.1 Å². The van der Waals surface area contributed by atoms with Crippen LogP contribution in [0.15, 0.2) is 17.0 Å². The Morgan fingerprint density at radius 1 is 1.25 bits per heavy atom. The molecule has 112 valence electrons. The van der Waals surface area contributed by atoms with E-state index in [-0.39, 0.29) is 16.0 Å². The first-order chi connectivity index (χ1) is 9.01. The number of hydrogen-bond donors (Lipinski definition) is 1. The summed E-state index contributed by atoms with van der Waals surface area (Å²) >= 11 is 0. The van der Waals surface area contributed by atoms with Crippen molar-refractivity contribution in [1.29, 1.82) is 0 Å². The van der Waals surface area contributed by atoms with Gasteiger partial charge < -0.3 is 4.74 Å². The number of hydrogen-bond acceptors (Lipinski definition) is 4. The highest BCUT2D eigenvalue weighted by molar-refractivity contribution is 7.89. The standard InChI is InChI=1S/C13H18FNO4S/c1-8-6-10(14)7-9(2)11(8)20(17,18)15-13(3,4)12(16)19-5/h6-7,15H,1-5H3. The fraction of sp³-hybridized carbons (Fsp3) is 0.462. The van der Waals surface area contributed by atoms with Crippen molar-refractivity contribution in [1.82, 2.24) is 4.72 Å². The Hall–Kier alpha value is -1.47. The second kappa shape index (κ2) is 5.49. The summed E-state index contributed by atoms with van der Waals surface area (Å²) in [7, 11) is -2.80. The molecule has 1 aromatic rings. The topological polar surface area (TPSA) is 72.5 Å². The summed E-state index contributed by atoms with van der Waals surface area (Å²) in [5, 5.41) is 0. The SMILES string of the molecule is COC(=O)C(C)(C)NS(=O)(=O)c1c(C)cc(F)cc1C. The Labute approximate surface area is 118 Å². The zero-order valence-corrected chi connectivity index (χ0v) is 12.9. The van der Waals surface area contributed by atoms with Gasteiger partial charge in [-0.15, -0.1) is 0 Å². The first-order valence-corrected chi connectivity index (χ1v) is 7.38. The van der Waals surface area contributed by atoms with Crippen LogP contribution in [0.1, 0.15) is 25.0 Å². The molecule has 1 rings (SSSR count). The molecule has 0 spiro atoms. The Morgan fingerprint density at radius 3 is 2.10 bits per heavy atom. The van der Waals surface area contributed by atoms with Gasteiger partial charge in [0, 0.05) is 0 Å². The van der Waals surface area contributed by atoms with Crippen LogP contribution in [-0.2, 0) is 19.6 Å². The van der Waals surface area contributed by atoms with Gasteiger partial charge in [0.05, 0.1) is 12.0 Å². The van der Waals surface area contributed by atoms with E-state index in [4.69, 9.17) is 0 Å². The highest BCUT2D eigenvalue weighted by Crippen LogP contribution is 2.23. The van der Waals surface area contributed by atoms with Gasteiger partial charge in [-0.1, -0.05) is 0 Å². The number of esters is 1. The third-order valence-corrected chi connectivity index (χ3v) is 4.74. The summed E-state index contributed by atoms with van der Waals surface area (Å²) in [5.41, 5.74) is -0.868. The Morgan fingerprint density at radius 2 is 1.70 bits per heavy atom. The summed E-state index contributed by atoms with van der Waals surface area (Å²) in [4.78, 5) is 11.5. The lowest BCUT2D eigenvalue weighted by atomic mass is 10.1. The van der Waals surface area contributed by atoms with E-state index in [1.165, 1.54) is 34.8 Å². The Kier molecular flexibility index (Phi) is 4.55. The largest absolute Gasteiger partial charge is 0.468 e. The van der Waals surface area contributed by atoms with Crippen molar-refractivity contribution in [3.63, 3.8) is 0 Å². The number of aryl methyl sites for hydroxylation is 2. The number of carbonyl (C=O) groups excluding carboxylic acids is 1. The predicted octanol–water partition coefficient (Wildman–Crippen LogP) is 1.67. The molecule has 1 N–H and O–H groups in total. The molecule has 0 aliphatic heterocycles. The molecule has 0 amide bonds. The molecule has 20 heavy (non-hydrogen) atoms. The number of rotatable bonds is 4. The fourth-order valence-electron chi connectivity index (χ4n) is 2.01. The van der Waals surface area contributed by atoms with Gasteiger partial charge in [-0.25, -0.2) is 12.8 Å². The van der Waals surface area contributed by atoms with E-state index in [0.29, 0.717) is 0 Å². The summed E-state index contributed by atoms with van der Waals surface area (Å²) in [6, 6.07) is 2.26. The van der Waals surface area contributed by atoms with Crippen LogP contribution < -0.4 is 4.72 Å². The van der Waals surface area contributed by atoms with Gasteiger partial charge >= 0.3 is 5.97 Å². The smallest absolute Gasteiger partial charge is 0.326 e. The number of benzene rings is 1. The fourth-order valence-corrected chi connectivity index (χ4v) is 3.83. The van der Waals surface area contributed by atoms with E-state index in [1.807, 2.05) is 0 Å². The summed E-state index contributed by atoms with van der Waals surface area (Å²) in [6.45, 7) is 5.78. The predicted molar refractivity (Wildman–Crippen MR) is 72.3 cm³/mol. The molecule has 7 heteroatoms. The van der Waals surface area contributed by atoms with Crippen LogP contribution in [0.25, 0.3) is 0 Å². The number of ether oxygens (including phenoxy) is 1. The zero-order chi connectivity index (χ0) is 15.7. The number of methoxy groups -OCH3 is 1. The molecule has 0 aliphatic carbocycles. The van der Waals surface area contributed by atoms with Crippen LogP contribution in [0.3, 0.4) is 0 Å². The zero-order valence-electron chi connectivity index (χ0n) is 12.1. The highest BCUT2D eigenvalue weighted by Gasteiger charge is 2.35. The minimum atomic E-state index is -3.97. The lowest BCUT2D eigenvalue weighted by Gasteiger charge is -2.24. The average molecular weight is 303 g/mol. The first-order valence-electron chi connectivity index (χ1n) is 5.90. The molecule has 0 aliphatic rings. The third kappa shape index (κ3) is 3.34. The lowest BCUT2D eigenvalue weighted by Crippen LogP contribution is -2.50. The number of carbonyl (C=O) groups is 1. The monoisotopic (exact) mass is 303 g/mol. The summed E-state index contributed by atoms with van der Waals surface area (Å²) in [6.07, 6.45) is 0. The molecule has 0 atom stereocenters. The molecule has 0 unspecified atom stereocenters. The molecule has 0 saturated carbocycles. The van der Waals surface area contributed by atoms with E-state index in [2.05, 4.69) is 9.46 Å². The van der Waals surface area contributed by atoms with Crippen molar-refractivity contribution in [3.05, 3.63) is 29.1 Å². The molecule has 1 aromatic carbocycles. The van der Waals surface area contributed by atoms with E-state index < -0.39 is 27.3 Å². The minimum Gasteiger partial charge on any atom is -0.468 e. The number of halogens is 1. The highest BCUT2D eigenvalue weighted by atomic mass is 32.2. The van der Waals surface area contributed by atoms with Gasteiger partial charge in [0.15, 0.2) is 0 Å². The van der Waals surface area contributed by atoms with Crippen molar-refractivity contribution >= 4 is 16.0 Å². The maximum absolute atomic E-state index is 13.2. The average Bonchev–Trinajstić information content (AvgIpc) is 2.23. The van der Waals surface area contributed by atoms with Crippen molar-refractivity contribution in [2.75, 3.05) is 7.11 Å². The number of sulfonamides is 1. The summed E-state index contributed by atoms with van der Waals surface area (Å²) < 4.78 is 44.8. The van der Waals surface area contributed by atoms with Crippen molar-refractivity contribution in [3.8, 4) is 0 Å². The molecule has 0 saturated heterocycles. The Bertz CT molecular complexity index is 615. The Balaban J connectivity index is 3.29. The minimum absolute atomic E-state index is 0.0316. The van der Waals surface area contributed by atoms with Gasteiger partial charge in [0.2, 0.25) is 10.0 Å². The van der Waals surface area contributed by atoms with E-state index in [9.17, 15) is 17.6 Å². The molecule has 0 radical (unpaired) electrons. The second-order valence-corrected chi connectivity index (χ2v) is 6.71. The van der Waals surface area contributed by atoms with Crippen molar-refractivity contribution in [2.45, 2.75) is 38.1 Å². The van der Waals surface area contributed by atoms with Gasteiger partial charge in [-0.05, 0) is 51.0 Å². The third-order valence-electron chi connectivity index (χ3n) is 2.78. The normalized spacial score (nSPS) is 12.3. The summed E-state index contributed by atoms with van der Waals surface area (Å²) in [5.74, 6) is -1.22. The molecule has 5 nitrogen and oxygen atoms in total. The maximum atomic E-state index is 13.2. The van der Waals surface area contributed by atoms with Crippen LogP contribution in [0.4, 0.5) is 4.39 Å². The molecule has 0 fully saturated rings. The second-order valence-electron chi connectivity index (χ2n) is 5.09. The molecule has 0 bridgehead atoms. The molecular formula is C13H18FNO4S. The van der Waals surface area contributed by atoms with Crippen LogP contribution >= 0.6 is 0 Å². The molecule has 0 heterocycles. The maximum Gasteiger partial charge on any atom is 0.326 e. The number of nitrogens with one attached hydrogen (secondary N) is 1. The van der Waals surface area contributed by atoms with Crippen molar-refractivity contribution in [2.24, 2.45) is 0 Å². The van der Waals surface area contributed by atoms with Gasteiger partial charge in [-0.3, -0.25) is 4.79 Å².